The van der Waals surface area contributed by atoms with Crippen LogP contribution in [0.2, 0.25) is 0 Å². The van der Waals surface area contributed by atoms with Gasteiger partial charge in [-0.25, -0.2) is 10.4 Å². The van der Waals surface area contributed by atoms with Crippen molar-refractivity contribution in [2.45, 2.75) is 20.8 Å². The number of hydrazone groups is 1. The van der Waals surface area contributed by atoms with Gasteiger partial charge in [0, 0.05) is 6.92 Å². The lowest BCUT2D eigenvalue weighted by molar-refractivity contribution is -0.118. The summed E-state index contributed by atoms with van der Waals surface area (Å²) in [6.45, 7) is 5.27. The number of amides is 1. The number of nitrogens with zero attached hydrogens (tertiary/aromatic N) is 2. The molecule has 1 rings (SSSR count). The number of nitrogens with one attached hydrogen (secondary N) is 1. The molecular formula is C8H11N3OS. The molecule has 1 amide bonds. The van der Waals surface area contributed by atoms with Crippen LogP contribution in [0.4, 0.5) is 0 Å². The van der Waals surface area contributed by atoms with Crippen molar-refractivity contribution in [2.75, 3.05) is 0 Å². The average molecular weight is 197 g/mol. The average Bonchev–Trinajstić information content (AvgIpc) is 2.29. The van der Waals surface area contributed by atoms with Crippen LogP contribution in [0.5, 0.6) is 0 Å². The van der Waals surface area contributed by atoms with Gasteiger partial charge in [-0.2, -0.15) is 5.10 Å². The molecule has 1 heterocycles. The lowest BCUT2D eigenvalue weighted by Gasteiger charge is -1.89. The second-order valence-electron chi connectivity index (χ2n) is 2.61. The molecule has 13 heavy (non-hydrogen) atoms. The van der Waals surface area contributed by atoms with E-state index in [1.54, 1.807) is 17.6 Å². The quantitative estimate of drug-likeness (QED) is 0.572. The van der Waals surface area contributed by atoms with Crippen LogP contribution in [0, 0.1) is 13.8 Å². The Morgan fingerprint density at radius 3 is 2.77 bits per heavy atom. The Morgan fingerprint density at radius 2 is 2.31 bits per heavy atom. The Kier molecular flexibility index (Phi) is 3.13. The van der Waals surface area contributed by atoms with Crippen LogP contribution in [-0.2, 0) is 4.79 Å². The van der Waals surface area contributed by atoms with Crippen molar-refractivity contribution in [1.29, 1.82) is 0 Å². The first-order valence-electron chi connectivity index (χ1n) is 3.83. The van der Waals surface area contributed by atoms with E-state index in [2.05, 4.69) is 15.5 Å². The molecule has 70 valence electrons. The van der Waals surface area contributed by atoms with E-state index in [9.17, 15) is 4.79 Å². The number of hydrogen-bond acceptors (Lipinski definition) is 4. The highest BCUT2D eigenvalue weighted by Crippen LogP contribution is 2.14. The molecule has 0 aliphatic rings. The van der Waals surface area contributed by atoms with Gasteiger partial charge < -0.3 is 0 Å². The minimum atomic E-state index is -0.171. The van der Waals surface area contributed by atoms with Crippen molar-refractivity contribution in [2.24, 2.45) is 5.10 Å². The molecule has 0 saturated carbocycles. The zero-order valence-corrected chi connectivity index (χ0v) is 8.60. The number of carbonyl (C=O) groups excluding carboxylic acids is 1. The van der Waals surface area contributed by atoms with E-state index in [4.69, 9.17) is 0 Å². The predicted octanol–water partition coefficient (Wildman–Crippen LogP) is 1.23. The van der Waals surface area contributed by atoms with Gasteiger partial charge in [0.15, 0.2) is 0 Å². The topological polar surface area (TPSA) is 54.4 Å². The van der Waals surface area contributed by atoms with Gasteiger partial charge in [0.2, 0.25) is 5.91 Å². The third-order valence-electron chi connectivity index (χ3n) is 1.34. The van der Waals surface area contributed by atoms with E-state index in [-0.39, 0.29) is 5.91 Å². The summed E-state index contributed by atoms with van der Waals surface area (Å²) in [6.07, 6.45) is 1.61. The molecule has 0 aromatic carbocycles. The first-order chi connectivity index (χ1) is 6.09. The molecular weight excluding hydrogens is 186 g/mol. The van der Waals surface area contributed by atoms with Gasteiger partial charge in [-0.15, -0.1) is 11.3 Å². The summed E-state index contributed by atoms with van der Waals surface area (Å²) in [5, 5.41) is 4.76. The van der Waals surface area contributed by atoms with Gasteiger partial charge in [-0.1, -0.05) is 0 Å². The molecule has 1 N–H and O–H groups in total. The molecule has 0 spiro atoms. The lowest BCUT2D eigenvalue weighted by Crippen LogP contribution is -2.12. The number of hydrogen-bond donors (Lipinski definition) is 1. The highest BCUT2D eigenvalue weighted by molar-refractivity contribution is 7.13. The Balaban J connectivity index is 2.68. The first-order valence-corrected chi connectivity index (χ1v) is 4.65. The summed E-state index contributed by atoms with van der Waals surface area (Å²) in [4.78, 5) is 15.7. The molecule has 1 aromatic heterocycles. The van der Waals surface area contributed by atoms with Crippen LogP contribution >= 0.6 is 11.3 Å². The summed E-state index contributed by atoms with van der Waals surface area (Å²) in [5.41, 5.74) is 3.28. The third-order valence-corrected chi connectivity index (χ3v) is 2.35. The molecule has 4 nitrogen and oxygen atoms in total. The van der Waals surface area contributed by atoms with Gasteiger partial charge >= 0.3 is 0 Å². The summed E-state index contributed by atoms with van der Waals surface area (Å²) in [5.74, 6) is -0.171. The van der Waals surface area contributed by atoms with Gasteiger partial charge in [-0.05, 0) is 13.8 Å². The van der Waals surface area contributed by atoms with Crippen LogP contribution in [-0.4, -0.2) is 17.1 Å². The van der Waals surface area contributed by atoms with Gasteiger partial charge in [0.25, 0.3) is 0 Å². The summed E-state index contributed by atoms with van der Waals surface area (Å²) in [7, 11) is 0. The second-order valence-corrected chi connectivity index (χ2v) is 3.84. The van der Waals surface area contributed by atoms with Gasteiger partial charge in [-0.3, -0.25) is 4.79 Å². The molecule has 0 unspecified atom stereocenters. The first kappa shape index (κ1) is 9.85. The smallest absolute Gasteiger partial charge is 0.236 e. The molecule has 1 aromatic rings. The molecule has 0 atom stereocenters. The number of thiazole rings is 1. The summed E-state index contributed by atoms with van der Waals surface area (Å²) < 4.78 is 0. The largest absolute Gasteiger partial charge is 0.274 e. The fourth-order valence-corrected chi connectivity index (χ4v) is 1.65. The third kappa shape index (κ3) is 2.95. The molecule has 5 heteroatoms. The number of carbonyl (C=O) groups is 1. The van der Waals surface area contributed by atoms with Crippen LogP contribution < -0.4 is 5.43 Å². The van der Waals surface area contributed by atoms with Crippen LogP contribution in [0.15, 0.2) is 5.10 Å². The number of aryl methyl sites for hydroxylation is 2. The van der Waals surface area contributed by atoms with Crippen molar-refractivity contribution < 1.29 is 4.79 Å². The molecule has 0 radical (unpaired) electrons. The van der Waals surface area contributed by atoms with E-state index in [0.717, 1.165) is 15.6 Å². The van der Waals surface area contributed by atoms with Crippen molar-refractivity contribution in [3.8, 4) is 0 Å². The molecule has 0 bridgehead atoms. The zero-order valence-electron chi connectivity index (χ0n) is 7.79. The zero-order chi connectivity index (χ0) is 9.84. The van der Waals surface area contributed by atoms with Crippen LogP contribution in [0.3, 0.4) is 0 Å². The Morgan fingerprint density at radius 1 is 1.62 bits per heavy atom. The SMILES string of the molecule is CC(=O)N/N=C/c1sc(C)nc1C. The van der Waals surface area contributed by atoms with E-state index >= 15 is 0 Å². The van der Waals surface area contributed by atoms with Crippen molar-refractivity contribution in [3.63, 3.8) is 0 Å². The van der Waals surface area contributed by atoms with E-state index < -0.39 is 0 Å². The Labute approximate surface area is 80.7 Å². The summed E-state index contributed by atoms with van der Waals surface area (Å²) in [6, 6.07) is 0. The van der Waals surface area contributed by atoms with Crippen molar-refractivity contribution >= 4 is 23.5 Å². The highest BCUT2D eigenvalue weighted by atomic mass is 32.1. The van der Waals surface area contributed by atoms with E-state index in [0.29, 0.717) is 0 Å². The Hall–Kier alpha value is -1.23. The van der Waals surface area contributed by atoms with Crippen molar-refractivity contribution in [3.05, 3.63) is 15.6 Å². The predicted molar refractivity (Wildman–Crippen MR) is 53.0 cm³/mol. The standard InChI is InChI=1S/C8H11N3OS/c1-5-8(13-7(3)10-5)4-9-11-6(2)12/h4H,1-3H3,(H,11,12)/b9-4+. The fourth-order valence-electron chi connectivity index (χ4n) is 0.849. The van der Waals surface area contributed by atoms with Crippen molar-refractivity contribution in [1.82, 2.24) is 10.4 Å². The maximum absolute atomic E-state index is 10.5. The normalized spacial score (nSPS) is 10.7. The second kappa shape index (κ2) is 4.13. The fraction of sp³-hybridized carbons (Fsp3) is 0.375. The maximum atomic E-state index is 10.5. The van der Waals surface area contributed by atoms with Gasteiger partial charge in [0.05, 0.1) is 21.8 Å². The highest BCUT2D eigenvalue weighted by Gasteiger charge is 2.00. The van der Waals surface area contributed by atoms with Crippen LogP contribution in [0.1, 0.15) is 22.5 Å². The Bertz CT molecular complexity index is 343. The molecule has 0 fully saturated rings. The minimum Gasteiger partial charge on any atom is -0.274 e. The molecule has 0 saturated heterocycles. The molecule has 0 aliphatic carbocycles. The monoisotopic (exact) mass is 197 g/mol. The minimum absolute atomic E-state index is 0.171. The van der Waals surface area contributed by atoms with E-state index in [1.807, 2.05) is 13.8 Å². The van der Waals surface area contributed by atoms with Gasteiger partial charge in [0.1, 0.15) is 0 Å². The molecule has 0 aliphatic heterocycles. The van der Waals surface area contributed by atoms with E-state index in [1.165, 1.54) is 6.92 Å². The lowest BCUT2D eigenvalue weighted by atomic mass is 10.4. The number of rotatable bonds is 2. The number of aromatic nitrogens is 1. The van der Waals surface area contributed by atoms with Crippen LogP contribution in [0.25, 0.3) is 0 Å². The maximum Gasteiger partial charge on any atom is 0.236 e. The summed E-state index contributed by atoms with van der Waals surface area (Å²) >= 11 is 1.55.